The second-order valence-electron chi connectivity index (χ2n) is 2.26. The lowest BCUT2D eigenvalue weighted by atomic mass is 10.1. The normalized spacial score (nSPS) is 30.7. The van der Waals surface area contributed by atoms with Crippen molar-refractivity contribution in [3.05, 3.63) is 11.1 Å². The third kappa shape index (κ3) is 1.25. The van der Waals surface area contributed by atoms with Crippen LogP contribution in [0.2, 0.25) is 0 Å². The Morgan fingerprint density at radius 3 is 3.00 bits per heavy atom. The molecule has 0 N–H and O–H groups in total. The van der Waals surface area contributed by atoms with E-state index in [1.165, 1.54) is 0 Å². The zero-order valence-electron chi connectivity index (χ0n) is 5.10. The Balaban J connectivity index is 2.65. The molecule has 0 aromatic carbocycles. The largest absolute Gasteiger partial charge is 0.198 e. The minimum atomic E-state index is 0.113. The SMILES string of the molecule is N#CC1CCCC1=CCl. The minimum absolute atomic E-state index is 0.113. The van der Waals surface area contributed by atoms with Gasteiger partial charge in [-0.1, -0.05) is 11.6 Å². The first-order chi connectivity index (χ1) is 4.38. The highest BCUT2D eigenvalue weighted by atomic mass is 35.5. The van der Waals surface area contributed by atoms with E-state index in [1.54, 1.807) is 5.54 Å². The van der Waals surface area contributed by atoms with Crippen molar-refractivity contribution in [3.63, 3.8) is 0 Å². The van der Waals surface area contributed by atoms with E-state index in [-0.39, 0.29) is 5.92 Å². The maximum absolute atomic E-state index is 8.52. The molecule has 0 radical (unpaired) electrons. The van der Waals surface area contributed by atoms with E-state index in [1.807, 2.05) is 0 Å². The summed E-state index contributed by atoms with van der Waals surface area (Å²) >= 11 is 5.47. The molecule has 1 atom stereocenters. The van der Waals surface area contributed by atoms with Gasteiger partial charge < -0.3 is 0 Å². The zero-order chi connectivity index (χ0) is 6.69. The fourth-order valence-electron chi connectivity index (χ4n) is 1.15. The number of nitriles is 1. The average Bonchev–Trinajstić information content (AvgIpc) is 2.33. The predicted octanol–water partition coefficient (Wildman–Crippen LogP) is 2.43. The summed E-state index contributed by atoms with van der Waals surface area (Å²) in [6, 6.07) is 2.21. The summed E-state index contributed by atoms with van der Waals surface area (Å²) in [7, 11) is 0. The molecular formula is C7H8ClN. The Hall–Kier alpha value is -0.480. The van der Waals surface area contributed by atoms with Crippen molar-refractivity contribution in [2.24, 2.45) is 5.92 Å². The van der Waals surface area contributed by atoms with Gasteiger partial charge in [0.25, 0.3) is 0 Å². The standard InChI is InChI=1S/C7H8ClN/c8-4-6-2-1-3-7(6)5-9/h4,7H,1-3H2. The van der Waals surface area contributed by atoms with E-state index < -0.39 is 0 Å². The van der Waals surface area contributed by atoms with Crippen LogP contribution in [0.3, 0.4) is 0 Å². The highest BCUT2D eigenvalue weighted by Crippen LogP contribution is 2.30. The summed E-state index contributed by atoms with van der Waals surface area (Å²) in [6.45, 7) is 0. The van der Waals surface area contributed by atoms with Crippen molar-refractivity contribution in [2.45, 2.75) is 19.3 Å². The van der Waals surface area contributed by atoms with Gasteiger partial charge in [-0.25, -0.2) is 0 Å². The predicted molar refractivity (Wildman–Crippen MR) is 36.9 cm³/mol. The molecule has 0 amide bonds. The molecule has 2 heteroatoms. The van der Waals surface area contributed by atoms with E-state index in [0.29, 0.717) is 0 Å². The quantitative estimate of drug-likeness (QED) is 0.508. The van der Waals surface area contributed by atoms with Crippen molar-refractivity contribution in [1.82, 2.24) is 0 Å². The van der Waals surface area contributed by atoms with Crippen LogP contribution in [-0.4, -0.2) is 0 Å². The molecule has 1 saturated carbocycles. The minimum Gasteiger partial charge on any atom is -0.198 e. The van der Waals surface area contributed by atoms with Gasteiger partial charge in [-0.3, -0.25) is 0 Å². The molecule has 1 fully saturated rings. The molecule has 1 unspecified atom stereocenters. The lowest BCUT2D eigenvalue weighted by Gasteiger charge is -1.95. The Morgan fingerprint density at radius 2 is 2.56 bits per heavy atom. The third-order valence-corrected chi connectivity index (χ3v) is 1.98. The molecule has 0 spiro atoms. The first-order valence-corrected chi connectivity index (χ1v) is 3.51. The molecule has 1 aliphatic rings. The monoisotopic (exact) mass is 141 g/mol. The molecule has 0 heterocycles. The maximum Gasteiger partial charge on any atom is 0.0700 e. The van der Waals surface area contributed by atoms with Gasteiger partial charge in [0.2, 0.25) is 0 Å². The van der Waals surface area contributed by atoms with Crippen molar-refractivity contribution in [1.29, 1.82) is 5.26 Å². The summed E-state index contributed by atoms with van der Waals surface area (Å²) in [5.41, 5.74) is 2.67. The first-order valence-electron chi connectivity index (χ1n) is 3.07. The van der Waals surface area contributed by atoms with Gasteiger partial charge >= 0.3 is 0 Å². The average molecular weight is 142 g/mol. The van der Waals surface area contributed by atoms with Crippen LogP contribution in [0.5, 0.6) is 0 Å². The molecule has 0 aromatic heterocycles. The van der Waals surface area contributed by atoms with Crippen LogP contribution < -0.4 is 0 Å². The molecule has 1 rings (SSSR count). The molecule has 0 aromatic rings. The van der Waals surface area contributed by atoms with Gasteiger partial charge in [0.1, 0.15) is 0 Å². The third-order valence-electron chi connectivity index (χ3n) is 1.70. The Morgan fingerprint density at radius 1 is 1.78 bits per heavy atom. The zero-order valence-corrected chi connectivity index (χ0v) is 5.86. The number of nitrogens with zero attached hydrogens (tertiary/aromatic N) is 1. The lowest BCUT2D eigenvalue weighted by Crippen LogP contribution is -1.89. The summed E-state index contributed by atoms with van der Waals surface area (Å²) in [5.74, 6) is 0.113. The van der Waals surface area contributed by atoms with Gasteiger partial charge in [-0.2, -0.15) is 5.26 Å². The molecule has 9 heavy (non-hydrogen) atoms. The lowest BCUT2D eigenvalue weighted by molar-refractivity contribution is 0.778. The fraction of sp³-hybridized carbons (Fsp3) is 0.571. The van der Waals surface area contributed by atoms with E-state index in [2.05, 4.69) is 6.07 Å². The number of hydrogen-bond donors (Lipinski definition) is 0. The summed E-state index contributed by atoms with van der Waals surface area (Å²) < 4.78 is 0. The van der Waals surface area contributed by atoms with Gasteiger partial charge in [0.05, 0.1) is 12.0 Å². The first kappa shape index (κ1) is 6.64. The van der Waals surface area contributed by atoms with Crippen molar-refractivity contribution < 1.29 is 0 Å². The number of rotatable bonds is 0. The molecule has 1 aliphatic carbocycles. The Kier molecular flexibility index (Phi) is 2.13. The Bertz CT molecular complexity index is 166. The van der Waals surface area contributed by atoms with Crippen LogP contribution >= 0.6 is 11.6 Å². The molecule has 0 aliphatic heterocycles. The fourth-order valence-corrected chi connectivity index (χ4v) is 1.41. The molecular weight excluding hydrogens is 134 g/mol. The summed E-state index contributed by atoms with van der Waals surface area (Å²) in [6.07, 6.45) is 3.13. The van der Waals surface area contributed by atoms with Gasteiger partial charge in [-0.15, -0.1) is 0 Å². The number of halogens is 1. The van der Waals surface area contributed by atoms with Crippen LogP contribution in [0.25, 0.3) is 0 Å². The van der Waals surface area contributed by atoms with Gasteiger partial charge in [0, 0.05) is 5.54 Å². The van der Waals surface area contributed by atoms with Crippen LogP contribution in [-0.2, 0) is 0 Å². The maximum atomic E-state index is 8.52. The van der Waals surface area contributed by atoms with Crippen LogP contribution in [0.1, 0.15) is 19.3 Å². The van der Waals surface area contributed by atoms with Crippen LogP contribution in [0.15, 0.2) is 11.1 Å². The van der Waals surface area contributed by atoms with Crippen molar-refractivity contribution >= 4 is 11.6 Å². The van der Waals surface area contributed by atoms with Crippen molar-refractivity contribution in [3.8, 4) is 6.07 Å². The van der Waals surface area contributed by atoms with E-state index in [4.69, 9.17) is 16.9 Å². The number of allylic oxidation sites excluding steroid dienone is 1. The van der Waals surface area contributed by atoms with Gasteiger partial charge in [-0.05, 0) is 24.8 Å². The summed E-state index contributed by atoms with van der Waals surface area (Å²) in [5, 5.41) is 8.52. The second kappa shape index (κ2) is 2.89. The highest BCUT2D eigenvalue weighted by Gasteiger charge is 2.19. The van der Waals surface area contributed by atoms with E-state index in [0.717, 1.165) is 24.8 Å². The van der Waals surface area contributed by atoms with Crippen LogP contribution in [0.4, 0.5) is 0 Å². The van der Waals surface area contributed by atoms with E-state index in [9.17, 15) is 0 Å². The molecule has 0 saturated heterocycles. The van der Waals surface area contributed by atoms with Crippen molar-refractivity contribution in [2.75, 3.05) is 0 Å². The van der Waals surface area contributed by atoms with E-state index >= 15 is 0 Å². The molecule has 1 nitrogen and oxygen atoms in total. The molecule has 0 bridgehead atoms. The number of hydrogen-bond acceptors (Lipinski definition) is 1. The Labute approximate surface area is 59.9 Å². The van der Waals surface area contributed by atoms with Gasteiger partial charge in [0.15, 0.2) is 0 Å². The second-order valence-corrected chi connectivity index (χ2v) is 2.48. The topological polar surface area (TPSA) is 23.8 Å². The highest BCUT2D eigenvalue weighted by molar-refractivity contribution is 6.25. The summed E-state index contributed by atoms with van der Waals surface area (Å²) in [4.78, 5) is 0. The smallest absolute Gasteiger partial charge is 0.0700 e. The molecule has 48 valence electrons. The van der Waals surface area contributed by atoms with Crippen LogP contribution in [0, 0.1) is 17.2 Å².